The second kappa shape index (κ2) is 5.61. The minimum Gasteiger partial charge on any atom is -0.478 e. The third-order valence-corrected chi connectivity index (χ3v) is 3.99. The number of aromatic carboxylic acids is 1. The predicted molar refractivity (Wildman–Crippen MR) is 77.1 cm³/mol. The van der Waals surface area contributed by atoms with Gasteiger partial charge in [-0.1, -0.05) is 13.0 Å². The monoisotopic (exact) mass is 262 g/mol. The molecule has 0 saturated carbocycles. The van der Waals surface area contributed by atoms with Crippen molar-refractivity contribution >= 4 is 11.7 Å². The number of likely N-dealkylation sites (N-methyl/N-ethyl adjacent to an activating group) is 1. The molecular formula is C15H22N2O2. The van der Waals surface area contributed by atoms with Crippen molar-refractivity contribution < 1.29 is 9.90 Å². The lowest BCUT2D eigenvalue weighted by atomic mass is 10.1. The van der Waals surface area contributed by atoms with Gasteiger partial charge in [-0.2, -0.15) is 0 Å². The van der Waals surface area contributed by atoms with E-state index in [0.29, 0.717) is 11.6 Å². The first-order valence-electron chi connectivity index (χ1n) is 6.86. The summed E-state index contributed by atoms with van der Waals surface area (Å²) in [5.74, 6) is -0.848. The van der Waals surface area contributed by atoms with Crippen molar-refractivity contribution in [2.45, 2.75) is 26.8 Å². The number of benzene rings is 1. The summed E-state index contributed by atoms with van der Waals surface area (Å²) in [5.41, 5.74) is 2.24. The maximum absolute atomic E-state index is 11.2. The molecule has 104 valence electrons. The van der Waals surface area contributed by atoms with Crippen LogP contribution in [-0.2, 0) is 0 Å². The molecule has 19 heavy (non-hydrogen) atoms. The Labute approximate surface area is 114 Å². The van der Waals surface area contributed by atoms with Crippen LogP contribution in [-0.4, -0.2) is 48.2 Å². The normalized spacial score (nSPS) is 20.6. The van der Waals surface area contributed by atoms with Crippen LogP contribution in [0.4, 0.5) is 5.69 Å². The number of anilines is 1. The van der Waals surface area contributed by atoms with Gasteiger partial charge in [0.25, 0.3) is 0 Å². The van der Waals surface area contributed by atoms with E-state index in [9.17, 15) is 9.90 Å². The van der Waals surface area contributed by atoms with Gasteiger partial charge in [0, 0.05) is 31.4 Å². The fraction of sp³-hybridized carbons (Fsp3) is 0.533. The molecule has 1 aliphatic rings. The quantitative estimate of drug-likeness (QED) is 0.907. The van der Waals surface area contributed by atoms with Crippen LogP contribution < -0.4 is 4.90 Å². The van der Waals surface area contributed by atoms with E-state index in [1.807, 2.05) is 19.1 Å². The first-order chi connectivity index (χ1) is 9.02. The third kappa shape index (κ3) is 2.89. The molecule has 1 atom stereocenters. The molecule has 0 amide bonds. The summed E-state index contributed by atoms with van der Waals surface area (Å²) in [6, 6.07) is 6.23. The van der Waals surface area contributed by atoms with Crippen LogP contribution >= 0.6 is 0 Å². The van der Waals surface area contributed by atoms with Crippen LogP contribution in [0.25, 0.3) is 0 Å². The molecule has 0 aliphatic carbocycles. The van der Waals surface area contributed by atoms with Gasteiger partial charge < -0.3 is 10.0 Å². The standard InChI is InChI=1S/C15H22N2O2/c1-4-16-7-8-17(10-12(16)3)13-6-5-11(2)14(9-13)15(18)19/h5-6,9,12H,4,7-8,10H2,1-3H3,(H,18,19)/t12-/m0/s1. The lowest BCUT2D eigenvalue weighted by molar-refractivity contribution is 0.0696. The molecule has 1 heterocycles. The average molecular weight is 262 g/mol. The van der Waals surface area contributed by atoms with E-state index >= 15 is 0 Å². The van der Waals surface area contributed by atoms with Gasteiger partial charge in [0.1, 0.15) is 0 Å². The van der Waals surface area contributed by atoms with E-state index in [1.165, 1.54) is 0 Å². The smallest absolute Gasteiger partial charge is 0.336 e. The molecule has 1 N–H and O–H groups in total. The van der Waals surface area contributed by atoms with Crippen molar-refractivity contribution in [2.24, 2.45) is 0 Å². The number of carboxylic acid groups (broad SMARTS) is 1. The molecule has 0 unspecified atom stereocenters. The van der Waals surface area contributed by atoms with Crippen molar-refractivity contribution in [3.8, 4) is 0 Å². The Bertz CT molecular complexity index is 473. The van der Waals surface area contributed by atoms with Crippen molar-refractivity contribution in [3.63, 3.8) is 0 Å². The molecule has 1 aromatic carbocycles. The second-order valence-corrected chi connectivity index (χ2v) is 5.23. The van der Waals surface area contributed by atoms with Gasteiger partial charge in [-0.25, -0.2) is 4.79 Å². The van der Waals surface area contributed by atoms with Crippen LogP contribution in [0.1, 0.15) is 29.8 Å². The third-order valence-electron chi connectivity index (χ3n) is 3.99. The predicted octanol–water partition coefficient (Wildman–Crippen LogP) is 2.22. The molecule has 4 nitrogen and oxygen atoms in total. The number of carbonyl (C=O) groups is 1. The molecule has 1 aromatic rings. The SMILES string of the molecule is CCN1CCN(c2ccc(C)c(C(=O)O)c2)C[C@@H]1C. The van der Waals surface area contributed by atoms with Crippen molar-refractivity contribution in [3.05, 3.63) is 29.3 Å². The summed E-state index contributed by atoms with van der Waals surface area (Å²) in [6.07, 6.45) is 0. The first-order valence-corrected chi connectivity index (χ1v) is 6.86. The zero-order chi connectivity index (χ0) is 14.0. The van der Waals surface area contributed by atoms with Gasteiger partial charge >= 0.3 is 5.97 Å². The number of aryl methyl sites for hydroxylation is 1. The summed E-state index contributed by atoms with van der Waals surface area (Å²) in [7, 11) is 0. The Hall–Kier alpha value is -1.55. The molecule has 1 aliphatic heterocycles. The average Bonchev–Trinajstić information content (AvgIpc) is 2.38. The van der Waals surface area contributed by atoms with Crippen molar-refractivity contribution in [1.29, 1.82) is 0 Å². The van der Waals surface area contributed by atoms with Crippen molar-refractivity contribution in [2.75, 3.05) is 31.1 Å². The molecule has 4 heteroatoms. The fourth-order valence-corrected chi connectivity index (χ4v) is 2.74. The summed E-state index contributed by atoms with van der Waals surface area (Å²) < 4.78 is 0. The number of nitrogens with zero attached hydrogens (tertiary/aromatic N) is 2. The van der Waals surface area contributed by atoms with Gasteiger partial charge in [0.15, 0.2) is 0 Å². The van der Waals surface area contributed by atoms with Crippen LogP contribution in [0, 0.1) is 6.92 Å². The van der Waals surface area contributed by atoms with E-state index in [2.05, 4.69) is 23.6 Å². The van der Waals surface area contributed by atoms with E-state index in [0.717, 1.165) is 37.4 Å². The summed E-state index contributed by atoms with van der Waals surface area (Å²) >= 11 is 0. The Morgan fingerprint density at radius 2 is 2.16 bits per heavy atom. The van der Waals surface area contributed by atoms with Gasteiger partial charge in [-0.15, -0.1) is 0 Å². The Morgan fingerprint density at radius 1 is 1.42 bits per heavy atom. The highest BCUT2D eigenvalue weighted by atomic mass is 16.4. The molecule has 0 radical (unpaired) electrons. The van der Waals surface area contributed by atoms with Gasteiger partial charge in [-0.3, -0.25) is 4.90 Å². The highest BCUT2D eigenvalue weighted by Crippen LogP contribution is 2.22. The molecule has 1 saturated heterocycles. The lowest BCUT2D eigenvalue weighted by Crippen LogP contribution is -2.51. The summed E-state index contributed by atoms with van der Waals surface area (Å²) in [5, 5.41) is 9.19. The number of carboxylic acids is 1. The number of piperazine rings is 1. The minimum atomic E-state index is -0.848. The lowest BCUT2D eigenvalue weighted by Gasteiger charge is -2.40. The maximum atomic E-state index is 11.2. The van der Waals surface area contributed by atoms with Gasteiger partial charge in [0.2, 0.25) is 0 Å². The van der Waals surface area contributed by atoms with Crippen LogP contribution in [0.3, 0.4) is 0 Å². The largest absolute Gasteiger partial charge is 0.478 e. The first kappa shape index (κ1) is 13.9. The second-order valence-electron chi connectivity index (χ2n) is 5.23. The van der Waals surface area contributed by atoms with E-state index in [1.54, 1.807) is 6.07 Å². The Kier molecular flexibility index (Phi) is 4.10. The van der Waals surface area contributed by atoms with Crippen LogP contribution in [0.2, 0.25) is 0 Å². The molecule has 0 aromatic heterocycles. The molecule has 0 spiro atoms. The molecule has 2 rings (SSSR count). The van der Waals surface area contributed by atoms with E-state index in [-0.39, 0.29) is 0 Å². The Morgan fingerprint density at radius 3 is 2.74 bits per heavy atom. The van der Waals surface area contributed by atoms with Gasteiger partial charge in [0.05, 0.1) is 5.56 Å². The Balaban J connectivity index is 2.19. The van der Waals surface area contributed by atoms with Crippen LogP contribution in [0.15, 0.2) is 18.2 Å². The number of rotatable bonds is 3. The van der Waals surface area contributed by atoms with E-state index in [4.69, 9.17) is 0 Å². The number of hydrogen-bond donors (Lipinski definition) is 1. The maximum Gasteiger partial charge on any atom is 0.336 e. The molecule has 0 bridgehead atoms. The fourth-order valence-electron chi connectivity index (χ4n) is 2.74. The summed E-state index contributed by atoms with van der Waals surface area (Å²) in [6.45, 7) is 10.3. The van der Waals surface area contributed by atoms with Crippen molar-refractivity contribution in [1.82, 2.24) is 4.90 Å². The molecule has 1 fully saturated rings. The van der Waals surface area contributed by atoms with Gasteiger partial charge in [-0.05, 0) is 38.1 Å². The summed E-state index contributed by atoms with van der Waals surface area (Å²) in [4.78, 5) is 15.9. The molecular weight excluding hydrogens is 240 g/mol. The zero-order valence-corrected chi connectivity index (χ0v) is 11.9. The van der Waals surface area contributed by atoms with E-state index < -0.39 is 5.97 Å². The van der Waals surface area contributed by atoms with Crippen LogP contribution in [0.5, 0.6) is 0 Å². The zero-order valence-electron chi connectivity index (χ0n) is 11.9. The number of hydrogen-bond acceptors (Lipinski definition) is 3. The minimum absolute atomic E-state index is 0.406. The topological polar surface area (TPSA) is 43.8 Å². The highest BCUT2D eigenvalue weighted by Gasteiger charge is 2.23. The highest BCUT2D eigenvalue weighted by molar-refractivity contribution is 5.90.